The Morgan fingerprint density at radius 1 is 1.18 bits per heavy atom. The van der Waals surface area contributed by atoms with E-state index in [4.69, 9.17) is 0 Å². The molecule has 3 atom stereocenters. The van der Waals surface area contributed by atoms with Gasteiger partial charge in [-0.15, -0.1) is 0 Å². The van der Waals surface area contributed by atoms with Crippen molar-refractivity contribution < 1.29 is 9.59 Å². The van der Waals surface area contributed by atoms with E-state index in [2.05, 4.69) is 33.0 Å². The van der Waals surface area contributed by atoms with Crippen molar-refractivity contribution in [1.29, 1.82) is 0 Å². The fourth-order valence-corrected chi connectivity index (χ4v) is 4.18. The number of rotatable bonds is 8. The maximum absolute atomic E-state index is 12.5. The number of nitrogens with zero attached hydrogens (tertiary/aromatic N) is 1. The zero-order valence-corrected chi connectivity index (χ0v) is 17.0. The van der Waals surface area contributed by atoms with Gasteiger partial charge in [-0.25, -0.2) is 0 Å². The van der Waals surface area contributed by atoms with Crippen molar-refractivity contribution in [3.05, 3.63) is 35.9 Å². The Bertz CT molecular complexity index is 631. The van der Waals surface area contributed by atoms with Crippen LogP contribution < -0.4 is 16.0 Å². The summed E-state index contributed by atoms with van der Waals surface area (Å²) in [6.45, 7) is 6.10. The molecule has 2 aliphatic rings. The van der Waals surface area contributed by atoms with E-state index in [1.54, 1.807) is 0 Å². The summed E-state index contributed by atoms with van der Waals surface area (Å²) < 4.78 is 0. The molecule has 1 aromatic rings. The second-order valence-corrected chi connectivity index (χ2v) is 8.10. The van der Waals surface area contributed by atoms with E-state index in [-0.39, 0.29) is 23.9 Å². The lowest BCUT2D eigenvalue weighted by Gasteiger charge is -2.36. The number of benzene rings is 1. The topological polar surface area (TPSA) is 73.5 Å². The second-order valence-electron chi connectivity index (χ2n) is 8.10. The minimum atomic E-state index is -0.134. The highest BCUT2D eigenvalue weighted by Crippen LogP contribution is 2.18. The number of hydrogen-bond donors (Lipinski definition) is 3. The fraction of sp³-hybridized carbons (Fsp3) is 0.636. The van der Waals surface area contributed by atoms with E-state index >= 15 is 0 Å². The van der Waals surface area contributed by atoms with Crippen LogP contribution in [0.2, 0.25) is 0 Å². The zero-order valence-electron chi connectivity index (χ0n) is 17.0. The number of hydrogen-bond acceptors (Lipinski definition) is 4. The van der Waals surface area contributed by atoms with Gasteiger partial charge in [-0.2, -0.15) is 0 Å². The van der Waals surface area contributed by atoms with Gasteiger partial charge in [0, 0.05) is 19.6 Å². The molecule has 0 aromatic heterocycles. The monoisotopic (exact) mass is 386 g/mol. The Hall–Kier alpha value is -1.92. The Labute approximate surface area is 168 Å². The Morgan fingerprint density at radius 3 is 2.75 bits per heavy atom. The van der Waals surface area contributed by atoms with Crippen LogP contribution in [-0.2, 0) is 16.0 Å². The predicted octanol–water partition coefficient (Wildman–Crippen LogP) is 1.31. The summed E-state index contributed by atoms with van der Waals surface area (Å²) in [6, 6.07) is 10.1. The number of carbonyl (C=O) groups is 2. The van der Waals surface area contributed by atoms with Gasteiger partial charge >= 0.3 is 0 Å². The van der Waals surface area contributed by atoms with Gasteiger partial charge in [0.1, 0.15) is 0 Å². The lowest BCUT2D eigenvalue weighted by atomic mass is 9.96. The largest absolute Gasteiger partial charge is 0.354 e. The van der Waals surface area contributed by atoms with Crippen molar-refractivity contribution in [1.82, 2.24) is 20.9 Å². The van der Waals surface area contributed by atoms with Gasteiger partial charge in [-0.1, -0.05) is 30.3 Å². The average Bonchev–Trinajstić information content (AvgIpc) is 3.27. The Balaban J connectivity index is 1.38. The summed E-state index contributed by atoms with van der Waals surface area (Å²) in [5.41, 5.74) is 1.24. The van der Waals surface area contributed by atoms with Crippen LogP contribution in [0.25, 0.3) is 0 Å². The Morgan fingerprint density at radius 2 is 2.00 bits per heavy atom. The number of likely N-dealkylation sites (tertiary alicyclic amines) is 1. The summed E-state index contributed by atoms with van der Waals surface area (Å²) >= 11 is 0. The molecule has 3 N–H and O–H groups in total. The molecule has 0 aliphatic carbocycles. The molecule has 0 spiro atoms. The molecule has 2 aliphatic heterocycles. The van der Waals surface area contributed by atoms with E-state index in [0.29, 0.717) is 19.0 Å². The van der Waals surface area contributed by atoms with Crippen molar-refractivity contribution in [3.63, 3.8) is 0 Å². The maximum atomic E-state index is 12.5. The third-order valence-corrected chi connectivity index (χ3v) is 5.98. The van der Waals surface area contributed by atoms with Crippen LogP contribution in [-0.4, -0.2) is 61.5 Å². The highest BCUT2D eigenvalue weighted by molar-refractivity contribution is 5.82. The van der Waals surface area contributed by atoms with E-state index in [1.165, 1.54) is 5.56 Å². The van der Waals surface area contributed by atoms with Crippen LogP contribution in [0.15, 0.2) is 30.3 Å². The fourth-order valence-electron chi connectivity index (χ4n) is 4.18. The van der Waals surface area contributed by atoms with E-state index in [9.17, 15) is 9.59 Å². The number of amides is 2. The summed E-state index contributed by atoms with van der Waals surface area (Å²) in [5.74, 6) is 0.635. The molecule has 3 unspecified atom stereocenters. The van der Waals surface area contributed by atoms with Gasteiger partial charge in [0.25, 0.3) is 0 Å². The molecule has 2 fully saturated rings. The molecule has 0 radical (unpaired) electrons. The van der Waals surface area contributed by atoms with Gasteiger partial charge in [0.15, 0.2) is 0 Å². The van der Waals surface area contributed by atoms with Crippen molar-refractivity contribution in [2.45, 2.75) is 51.1 Å². The van der Waals surface area contributed by atoms with Crippen LogP contribution in [0.5, 0.6) is 0 Å². The Kier molecular flexibility index (Phi) is 7.86. The molecular formula is C22H34N4O2. The molecule has 1 aromatic carbocycles. The van der Waals surface area contributed by atoms with Crippen molar-refractivity contribution in [2.24, 2.45) is 5.92 Å². The quantitative estimate of drug-likeness (QED) is 0.630. The minimum Gasteiger partial charge on any atom is -0.354 e. The van der Waals surface area contributed by atoms with Crippen molar-refractivity contribution in [2.75, 3.05) is 32.7 Å². The zero-order chi connectivity index (χ0) is 19.8. The first kappa shape index (κ1) is 20.8. The smallest absolute Gasteiger partial charge is 0.237 e. The summed E-state index contributed by atoms with van der Waals surface area (Å²) in [6.07, 6.45) is 5.04. The molecule has 0 saturated carbocycles. The SMILES string of the molecule is CC(C(=O)NCCc1ccccc1)N1CCCC(CNC(=O)C2CCCN2)C1. The summed E-state index contributed by atoms with van der Waals surface area (Å²) in [5, 5.41) is 9.42. The molecule has 6 heteroatoms. The number of piperidine rings is 1. The highest BCUT2D eigenvalue weighted by atomic mass is 16.2. The average molecular weight is 387 g/mol. The minimum absolute atomic E-state index is 0.0194. The van der Waals surface area contributed by atoms with E-state index in [0.717, 1.165) is 51.7 Å². The first-order valence-electron chi connectivity index (χ1n) is 10.7. The maximum Gasteiger partial charge on any atom is 0.237 e. The van der Waals surface area contributed by atoms with Crippen molar-refractivity contribution in [3.8, 4) is 0 Å². The molecule has 3 rings (SSSR count). The van der Waals surface area contributed by atoms with E-state index < -0.39 is 0 Å². The normalized spacial score (nSPS) is 23.9. The summed E-state index contributed by atoms with van der Waals surface area (Å²) in [7, 11) is 0. The van der Waals surface area contributed by atoms with Crippen LogP contribution in [0.1, 0.15) is 38.2 Å². The van der Waals surface area contributed by atoms with E-state index in [1.807, 2.05) is 25.1 Å². The number of carbonyl (C=O) groups excluding carboxylic acids is 2. The molecule has 0 bridgehead atoms. The van der Waals surface area contributed by atoms with Gasteiger partial charge in [-0.05, 0) is 63.6 Å². The van der Waals surface area contributed by atoms with Gasteiger partial charge in [-0.3, -0.25) is 14.5 Å². The molecule has 2 amide bonds. The molecular weight excluding hydrogens is 352 g/mol. The van der Waals surface area contributed by atoms with Gasteiger partial charge < -0.3 is 16.0 Å². The van der Waals surface area contributed by atoms with Crippen LogP contribution in [0.3, 0.4) is 0 Å². The molecule has 28 heavy (non-hydrogen) atoms. The lowest BCUT2D eigenvalue weighted by Crippen LogP contribution is -2.51. The standard InChI is InChI=1S/C22H34N4O2/c1-17(21(27)24-13-11-18-7-3-2-4-8-18)26-14-6-9-19(16-26)15-25-22(28)20-10-5-12-23-20/h2-4,7-8,17,19-20,23H,5-6,9-16H2,1H3,(H,24,27)(H,25,28). The molecule has 2 heterocycles. The third kappa shape index (κ3) is 6.04. The molecule has 6 nitrogen and oxygen atoms in total. The number of nitrogens with one attached hydrogen (secondary N) is 3. The first-order chi connectivity index (χ1) is 13.6. The summed E-state index contributed by atoms with van der Waals surface area (Å²) in [4.78, 5) is 27.0. The highest BCUT2D eigenvalue weighted by Gasteiger charge is 2.28. The second kappa shape index (κ2) is 10.6. The van der Waals surface area contributed by atoms with Crippen LogP contribution in [0, 0.1) is 5.92 Å². The van der Waals surface area contributed by atoms with Gasteiger partial charge in [0.2, 0.25) is 11.8 Å². The third-order valence-electron chi connectivity index (χ3n) is 5.98. The van der Waals surface area contributed by atoms with Crippen LogP contribution in [0.4, 0.5) is 0 Å². The predicted molar refractivity (Wildman–Crippen MR) is 111 cm³/mol. The van der Waals surface area contributed by atoms with Crippen LogP contribution >= 0.6 is 0 Å². The molecule has 2 saturated heterocycles. The van der Waals surface area contributed by atoms with Gasteiger partial charge in [0.05, 0.1) is 12.1 Å². The lowest BCUT2D eigenvalue weighted by molar-refractivity contribution is -0.127. The first-order valence-corrected chi connectivity index (χ1v) is 10.7. The molecule has 154 valence electrons. The van der Waals surface area contributed by atoms with Crippen molar-refractivity contribution >= 4 is 11.8 Å².